The van der Waals surface area contributed by atoms with Gasteiger partial charge in [0.25, 0.3) is 5.91 Å². The summed E-state index contributed by atoms with van der Waals surface area (Å²) in [5, 5.41) is 3.12. The molecule has 2 aromatic rings. The Morgan fingerprint density at radius 3 is 1.92 bits per heavy atom. The third-order valence-electron chi connectivity index (χ3n) is 5.63. The molecule has 0 spiro atoms. The van der Waals surface area contributed by atoms with Crippen molar-refractivity contribution in [1.82, 2.24) is 5.32 Å². The molecule has 0 radical (unpaired) electrons. The molecule has 4 rings (SSSR count). The maximum Gasteiger partial charge on any atom is 0.275 e. The number of rotatable bonds is 6. The van der Waals surface area contributed by atoms with E-state index in [2.05, 4.69) is 66.0 Å². The first-order valence-electron chi connectivity index (χ1n) is 9.87. The Labute approximate surface area is 155 Å². The minimum Gasteiger partial charge on any atom is -0.348 e. The first-order chi connectivity index (χ1) is 12.8. The molecule has 1 saturated carbocycles. The minimum atomic E-state index is 0.230. The van der Waals surface area contributed by atoms with Crippen molar-refractivity contribution in [2.45, 2.75) is 24.9 Å². The van der Waals surface area contributed by atoms with Crippen molar-refractivity contribution < 1.29 is 14.6 Å². The highest BCUT2D eigenvalue weighted by Gasteiger charge is 2.33. The van der Waals surface area contributed by atoms with E-state index in [-0.39, 0.29) is 5.91 Å². The van der Waals surface area contributed by atoms with Crippen LogP contribution in [0.25, 0.3) is 0 Å². The van der Waals surface area contributed by atoms with Crippen LogP contribution in [-0.4, -0.2) is 44.7 Å². The number of hydrogen-bond donors (Lipinski definition) is 3. The van der Waals surface area contributed by atoms with E-state index in [1.54, 1.807) is 4.90 Å². The van der Waals surface area contributed by atoms with Crippen LogP contribution in [0.4, 0.5) is 0 Å². The lowest BCUT2D eigenvalue weighted by atomic mass is 9.96. The van der Waals surface area contributed by atoms with Crippen LogP contribution >= 0.6 is 0 Å². The third kappa shape index (κ3) is 4.32. The molecule has 1 saturated heterocycles. The van der Waals surface area contributed by atoms with Gasteiger partial charge in [-0.2, -0.15) is 0 Å². The second-order valence-corrected chi connectivity index (χ2v) is 7.68. The normalized spacial score (nSPS) is 23.0. The Bertz CT molecular complexity index is 667. The number of carbonyl (C=O) groups excluding carboxylic acids is 1. The maximum absolute atomic E-state index is 12.1. The molecule has 1 heterocycles. The van der Waals surface area contributed by atoms with Crippen LogP contribution in [0.15, 0.2) is 60.7 Å². The standard InChI is InChI=1S/C22H27N3O/c26-21(23-20-11-12-20)17-24-13-15-25(16-14-24)22(18-7-3-1-4-8-18)19-9-5-2-6-10-19/h1-10,20,22H,11-17H2,(H,23,26)/p+2. The fourth-order valence-corrected chi connectivity index (χ4v) is 4.08. The van der Waals surface area contributed by atoms with Gasteiger partial charge in [0.05, 0.1) is 0 Å². The quantitative estimate of drug-likeness (QED) is 0.665. The van der Waals surface area contributed by atoms with Gasteiger partial charge in [-0.1, -0.05) is 60.7 Å². The highest BCUT2D eigenvalue weighted by Crippen LogP contribution is 2.19. The van der Waals surface area contributed by atoms with E-state index in [4.69, 9.17) is 0 Å². The van der Waals surface area contributed by atoms with E-state index >= 15 is 0 Å². The zero-order valence-electron chi connectivity index (χ0n) is 15.3. The topological polar surface area (TPSA) is 38.0 Å². The summed E-state index contributed by atoms with van der Waals surface area (Å²) in [6.07, 6.45) is 2.32. The van der Waals surface area contributed by atoms with Gasteiger partial charge in [0.1, 0.15) is 32.2 Å². The average Bonchev–Trinajstić information content (AvgIpc) is 3.49. The largest absolute Gasteiger partial charge is 0.348 e. The van der Waals surface area contributed by atoms with Gasteiger partial charge < -0.3 is 15.1 Å². The van der Waals surface area contributed by atoms with Gasteiger partial charge in [-0.25, -0.2) is 0 Å². The van der Waals surface area contributed by atoms with E-state index in [1.165, 1.54) is 16.0 Å². The first-order valence-corrected chi connectivity index (χ1v) is 9.87. The van der Waals surface area contributed by atoms with E-state index in [0.29, 0.717) is 18.6 Å². The van der Waals surface area contributed by atoms with Gasteiger partial charge in [-0.05, 0) is 12.8 Å². The summed E-state index contributed by atoms with van der Waals surface area (Å²) in [4.78, 5) is 15.1. The lowest BCUT2D eigenvalue weighted by Gasteiger charge is -2.35. The van der Waals surface area contributed by atoms with Crippen molar-refractivity contribution in [3.63, 3.8) is 0 Å². The SMILES string of the molecule is O=C(C[NH+]1CC[NH+](C(c2ccccc2)c2ccccc2)CC1)NC1CC1. The summed E-state index contributed by atoms with van der Waals surface area (Å²) in [7, 11) is 0. The molecule has 1 aliphatic carbocycles. The van der Waals surface area contributed by atoms with Gasteiger partial charge in [-0.3, -0.25) is 4.79 Å². The molecule has 2 fully saturated rings. The molecule has 0 unspecified atom stereocenters. The molecule has 2 aliphatic rings. The van der Waals surface area contributed by atoms with Crippen LogP contribution in [-0.2, 0) is 4.79 Å². The van der Waals surface area contributed by atoms with Gasteiger partial charge in [0.2, 0.25) is 0 Å². The summed E-state index contributed by atoms with van der Waals surface area (Å²) >= 11 is 0. The Morgan fingerprint density at radius 2 is 1.42 bits per heavy atom. The maximum atomic E-state index is 12.1. The van der Waals surface area contributed by atoms with Crippen molar-refractivity contribution in [1.29, 1.82) is 0 Å². The Balaban J connectivity index is 1.42. The third-order valence-corrected chi connectivity index (χ3v) is 5.63. The monoisotopic (exact) mass is 351 g/mol. The Hall–Kier alpha value is -2.17. The molecule has 0 atom stereocenters. The van der Waals surface area contributed by atoms with E-state index in [1.807, 2.05) is 0 Å². The molecule has 3 N–H and O–H groups in total. The summed E-state index contributed by atoms with van der Waals surface area (Å²) < 4.78 is 0. The minimum absolute atomic E-state index is 0.230. The van der Waals surface area contributed by atoms with Crippen LogP contribution in [0, 0.1) is 0 Å². The molecular formula is C22H29N3O+2. The van der Waals surface area contributed by atoms with Crippen molar-refractivity contribution in [3.05, 3.63) is 71.8 Å². The lowest BCUT2D eigenvalue weighted by Crippen LogP contribution is -3.28. The number of benzene rings is 2. The molecule has 4 heteroatoms. The zero-order valence-corrected chi connectivity index (χ0v) is 15.3. The summed E-state index contributed by atoms with van der Waals surface area (Å²) in [6.45, 7) is 4.94. The van der Waals surface area contributed by atoms with Crippen LogP contribution in [0.3, 0.4) is 0 Å². The summed E-state index contributed by atoms with van der Waals surface area (Å²) in [5.41, 5.74) is 2.76. The molecule has 136 valence electrons. The van der Waals surface area contributed by atoms with E-state index < -0.39 is 0 Å². The molecule has 1 aliphatic heterocycles. The van der Waals surface area contributed by atoms with Gasteiger partial charge >= 0.3 is 0 Å². The molecule has 0 aromatic heterocycles. The molecule has 2 aromatic carbocycles. The molecule has 4 nitrogen and oxygen atoms in total. The summed E-state index contributed by atoms with van der Waals surface area (Å²) in [6, 6.07) is 22.5. The highest BCUT2D eigenvalue weighted by molar-refractivity contribution is 5.77. The van der Waals surface area contributed by atoms with Crippen LogP contribution in [0.2, 0.25) is 0 Å². The molecular weight excluding hydrogens is 322 g/mol. The van der Waals surface area contributed by atoms with Crippen molar-refractivity contribution in [2.75, 3.05) is 32.7 Å². The number of piperazine rings is 1. The predicted molar refractivity (Wildman–Crippen MR) is 102 cm³/mol. The second-order valence-electron chi connectivity index (χ2n) is 7.68. The van der Waals surface area contributed by atoms with Crippen LogP contribution in [0.1, 0.15) is 30.0 Å². The number of hydrogen-bond acceptors (Lipinski definition) is 1. The van der Waals surface area contributed by atoms with Crippen LogP contribution in [0.5, 0.6) is 0 Å². The first kappa shape index (κ1) is 17.3. The molecule has 26 heavy (non-hydrogen) atoms. The van der Waals surface area contributed by atoms with Gasteiger partial charge in [0, 0.05) is 17.2 Å². The fraction of sp³-hybridized carbons (Fsp3) is 0.409. The molecule has 0 bridgehead atoms. The number of nitrogens with one attached hydrogen (secondary N) is 3. The summed E-state index contributed by atoms with van der Waals surface area (Å²) in [5.74, 6) is 0.230. The average molecular weight is 351 g/mol. The predicted octanol–water partition coefficient (Wildman–Crippen LogP) is -0.162. The van der Waals surface area contributed by atoms with Gasteiger partial charge in [0.15, 0.2) is 6.54 Å². The van der Waals surface area contributed by atoms with Gasteiger partial charge in [-0.15, -0.1) is 0 Å². The Morgan fingerprint density at radius 1 is 0.885 bits per heavy atom. The number of carbonyl (C=O) groups is 1. The van der Waals surface area contributed by atoms with E-state index in [0.717, 1.165) is 39.0 Å². The molecule has 1 amide bonds. The number of quaternary nitrogens is 2. The van der Waals surface area contributed by atoms with Crippen molar-refractivity contribution in [3.8, 4) is 0 Å². The smallest absolute Gasteiger partial charge is 0.275 e. The van der Waals surface area contributed by atoms with E-state index in [9.17, 15) is 4.79 Å². The fourth-order valence-electron chi connectivity index (χ4n) is 4.08. The number of amides is 1. The van der Waals surface area contributed by atoms with Crippen LogP contribution < -0.4 is 15.1 Å². The Kier molecular flexibility index (Phi) is 5.32. The highest BCUT2D eigenvalue weighted by atomic mass is 16.2. The zero-order chi connectivity index (χ0) is 17.8. The second kappa shape index (κ2) is 8.02. The van der Waals surface area contributed by atoms with Crippen molar-refractivity contribution >= 4 is 5.91 Å². The lowest BCUT2D eigenvalue weighted by molar-refractivity contribution is -1.02. The van der Waals surface area contributed by atoms with Crippen molar-refractivity contribution in [2.24, 2.45) is 0 Å².